The Bertz CT molecular complexity index is 1640. The first-order chi connectivity index (χ1) is 28.4. The Morgan fingerprint density at radius 2 is 1.52 bits per heavy atom. The topological polar surface area (TPSA) is 273 Å². The minimum Gasteiger partial charge on any atom is -0.458 e. The summed E-state index contributed by atoms with van der Waals surface area (Å²) in [6.45, 7) is 5.08. The molecule has 3 saturated carbocycles. The van der Waals surface area contributed by atoms with E-state index in [0.29, 0.717) is 19.3 Å². The third-order valence-electron chi connectivity index (χ3n) is 16.0. The third-order valence-corrected chi connectivity index (χ3v) is 16.0. The maximum Gasteiger partial charge on any atom is 0.331 e. The van der Waals surface area contributed by atoms with Crippen LogP contribution in [0.3, 0.4) is 0 Å². The van der Waals surface area contributed by atoms with Gasteiger partial charge in [-0.3, -0.25) is 0 Å². The number of aliphatic hydroxyl groups is 9. The molecule has 6 fully saturated rings. The van der Waals surface area contributed by atoms with E-state index in [1.54, 1.807) is 6.92 Å². The number of cyclic esters (lactones) is 1. The molecule has 18 heteroatoms. The van der Waals surface area contributed by atoms with Crippen molar-refractivity contribution >= 4 is 5.97 Å². The Balaban J connectivity index is 0.869. The number of methoxy groups -OCH3 is 1. The molecule has 60 heavy (non-hydrogen) atoms. The molecule has 4 aliphatic carbocycles. The molecule has 0 aromatic rings. The van der Waals surface area contributed by atoms with Crippen molar-refractivity contribution in [1.29, 1.82) is 0 Å². The maximum absolute atomic E-state index is 12.7. The zero-order valence-corrected chi connectivity index (χ0v) is 34.7. The summed E-state index contributed by atoms with van der Waals surface area (Å²) in [4.78, 5) is 11.9. The SMILES string of the molecule is COC1CC(OC2CCC3(C)C(CCC4(O)C3CCC3(C)C(C5=CC(=O)OC5)=CCC34O)C2)OC(C)C1OC1OC(COC2OC(CO)C(O)C(O)C2O)C(O)C(O)C1O. The van der Waals surface area contributed by atoms with E-state index < -0.39 is 116 Å². The van der Waals surface area contributed by atoms with Crippen molar-refractivity contribution in [3.05, 3.63) is 23.3 Å². The number of fused-ring (bicyclic) bond motifs is 5. The molecule has 3 saturated heterocycles. The zero-order chi connectivity index (χ0) is 43.1. The van der Waals surface area contributed by atoms with Crippen molar-refractivity contribution in [2.75, 3.05) is 26.9 Å². The van der Waals surface area contributed by atoms with E-state index in [4.69, 9.17) is 37.9 Å². The fourth-order valence-corrected chi connectivity index (χ4v) is 12.4. The summed E-state index contributed by atoms with van der Waals surface area (Å²) >= 11 is 0. The van der Waals surface area contributed by atoms with Crippen LogP contribution in [0.4, 0.5) is 0 Å². The van der Waals surface area contributed by atoms with Gasteiger partial charge in [-0.2, -0.15) is 0 Å². The quantitative estimate of drug-likeness (QED) is 0.0925. The van der Waals surface area contributed by atoms with Crippen LogP contribution < -0.4 is 0 Å². The first-order valence-corrected chi connectivity index (χ1v) is 21.5. The number of aliphatic hydroxyl groups excluding tert-OH is 7. The summed E-state index contributed by atoms with van der Waals surface area (Å²) in [7, 11) is 1.52. The Morgan fingerprint density at radius 3 is 2.20 bits per heavy atom. The predicted octanol–water partition coefficient (Wildman–Crippen LogP) is -1.18. The van der Waals surface area contributed by atoms with E-state index in [9.17, 15) is 50.8 Å². The Hall–Kier alpha value is -1.69. The minimum atomic E-state index is -1.72. The van der Waals surface area contributed by atoms with Gasteiger partial charge in [-0.05, 0) is 81.1 Å². The lowest BCUT2D eigenvalue weighted by atomic mass is 9.41. The number of hydrogen-bond donors (Lipinski definition) is 9. The van der Waals surface area contributed by atoms with Gasteiger partial charge in [-0.25, -0.2) is 4.79 Å². The highest BCUT2D eigenvalue weighted by Crippen LogP contribution is 2.70. The Morgan fingerprint density at radius 1 is 0.817 bits per heavy atom. The van der Waals surface area contributed by atoms with E-state index in [0.717, 1.165) is 43.3 Å². The van der Waals surface area contributed by atoms with Gasteiger partial charge >= 0.3 is 5.97 Å². The number of ether oxygens (including phenoxy) is 8. The lowest BCUT2D eigenvalue weighted by molar-refractivity contribution is -0.355. The van der Waals surface area contributed by atoms with Crippen LogP contribution in [0.15, 0.2) is 23.3 Å². The number of hydrogen-bond acceptors (Lipinski definition) is 18. The molecule has 21 atom stereocenters. The highest BCUT2D eigenvalue weighted by Gasteiger charge is 2.72. The second-order valence-electron chi connectivity index (χ2n) is 19.0. The smallest absolute Gasteiger partial charge is 0.331 e. The monoisotopic (exact) mass is 856 g/mol. The van der Waals surface area contributed by atoms with Gasteiger partial charge < -0.3 is 83.9 Å². The van der Waals surface area contributed by atoms with Crippen molar-refractivity contribution < 1.29 is 88.6 Å². The van der Waals surface area contributed by atoms with Crippen LogP contribution in [0, 0.1) is 22.7 Å². The van der Waals surface area contributed by atoms with Crippen LogP contribution in [0.1, 0.15) is 78.6 Å². The summed E-state index contributed by atoms with van der Waals surface area (Å²) in [5, 5.41) is 97.6. The van der Waals surface area contributed by atoms with Gasteiger partial charge in [0.15, 0.2) is 18.9 Å². The highest BCUT2D eigenvalue weighted by molar-refractivity contribution is 5.86. The molecule has 9 N–H and O–H groups in total. The summed E-state index contributed by atoms with van der Waals surface area (Å²) in [5.41, 5.74) is -1.90. The standard InChI is InChI=1S/C42H64O18/c1-19-36(60-38-35(50)33(48)31(46)26(59-38)18-55-37-34(49)32(47)30(45)25(16-43)58-37)24(53-4)15-29(56-19)57-22-6-9-39(2)21(14-22)5-11-41(51)27(39)8-10-40(3)23(7-12-42(40,41)52)20-13-28(44)54-17-20/h7,13,19,21-22,24-27,29-38,43,45-52H,5-6,8-12,14-18H2,1-4H3. The molecular formula is C42H64O18. The molecule has 8 aliphatic rings. The second kappa shape index (κ2) is 16.7. The fourth-order valence-electron chi connectivity index (χ4n) is 12.4. The molecule has 0 aromatic carbocycles. The van der Waals surface area contributed by atoms with E-state index in [-0.39, 0.29) is 42.4 Å². The molecule has 0 radical (unpaired) electrons. The number of carbonyl (C=O) groups excluding carboxylic acids is 1. The lowest BCUT2D eigenvalue weighted by Gasteiger charge is -2.67. The molecule has 4 heterocycles. The summed E-state index contributed by atoms with van der Waals surface area (Å²) in [6, 6.07) is 0. The summed E-state index contributed by atoms with van der Waals surface area (Å²) < 4.78 is 47.0. The van der Waals surface area contributed by atoms with E-state index in [2.05, 4.69) is 6.92 Å². The van der Waals surface area contributed by atoms with E-state index in [1.165, 1.54) is 13.2 Å². The van der Waals surface area contributed by atoms with Crippen molar-refractivity contribution in [2.24, 2.45) is 22.7 Å². The van der Waals surface area contributed by atoms with Crippen molar-refractivity contribution in [3.8, 4) is 0 Å². The van der Waals surface area contributed by atoms with Crippen LogP contribution >= 0.6 is 0 Å². The second-order valence-corrected chi connectivity index (χ2v) is 19.0. The molecule has 0 bridgehead atoms. The van der Waals surface area contributed by atoms with Crippen molar-refractivity contribution in [1.82, 2.24) is 0 Å². The van der Waals surface area contributed by atoms with Crippen molar-refractivity contribution in [2.45, 2.75) is 182 Å². The molecule has 0 aromatic heterocycles. The molecule has 8 rings (SSSR count). The molecule has 18 nitrogen and oxygen atoms in total. The highest BCUT2D eigenvalue weighted by atomic mass is 16.8. The molecular weight excluding hydrogens is 792 g/mol. The Labute approximate surface area is 348 Å². The third kappa shape index (κ3) is 7.23. The van der Waals surface area contributed by atoms with Gasteiger partial charge in [0.25, 0.3) is 0 Å². The molecule has 0 spiro atoms. The molecule has 340 valence electrons. The van der Waals surface area contributed by atoms with Gasteiger partial charge in [-0.1, -0.05) is 19.9 Å². The lowest BCUT2D eigenvalue weighted by Crippen LogP contribution is -2.72. The van der Waals surface area contributed by atoms with Gasteiger partial charge in [0.1, 0.15) is 67.1 Å². The normalized spacial score (nSPS) is 53.1. The van der Waals surface area contributed by atoms with Gasteiger partial charge in [0.2, 0.25) is 0 Å². The predicted molar refractivity (Wildman–Crippen MR) is 203 cm³/mol. The van der Waals surface area contributed by atoms with Crippen LogP contribution in [0.25, 0.3) is 0 Å². The molecule has 4 aliphatic heterocycles. The number of rotatable bonds is 10. The van der Waals surface area contributed by atoms with Crippen LogP contribution in [0.2, 0.25) is 0 Å². The Kier molecular flexibility index (Phi) is 12.5. The largest absolute Gasteiger partial charge is 0.458 e. The molecule has 21 unspecified atom stereocenters. The molecule has 0 amide bonds. The van der Waals surface area contributed by atoms with Crippen LogP contribution in [-0.2, 0) is 42.7 Å². The first-order valence-electron chi connectivity index (χ1n) is 21.5. The number of carbonyl (C=O) groups is 1. The van der Waals surface area contributed by atoms with Crippen molar-refractivity contribution in [3.63, 3.8) is 0 Å². The van der Waals surface area contributed by atoms with Gasteiger partial charge in [0.05, 0.1) is 37.1 Å². The van der Waals surface area contributed by atoms with Crippen LogP contribution in [-0.4, -0.2) is 182 Å². The van der Waals surface area contributed by atoms with Crippen LogP contribution in [0.5, 0.6) is 0 Å². The summed E-state index contributed by atoms with van der Waals surface area (Å²) in [6.07, 6.45) is -9.34. The zero-order valence-electron chi connectivity index (χ0n) is 34.7. The van der Waals surface area contributed by atoms with Gasteiger partial charge in [-0.15, -0.1) is 0 Å². The average molecular weight is 857 g/mol. The van der Waals surface area contributed by atoms with Gasteiger partial charge in [0, 0.05) is 30.6 Å². The first kappa shape index (κ1) is 44.9. The number of esters is 1. The van der Waals surface area contributed by atoms with E-state index >= 15 is 0 Å². The summed E-state index contributed by atoms with van der Waals surface area (Å²) in [5.74, 6) is -0.258. The average Bonchev–Trinajstić information content (AvgIpc) is 3.77. The maximum atomic E-state index is 12.7. The van der Waals surface area contributed by atoms with E-state index in [1.807, 2.05) is 13.0 Å². The minimum absolute atomic E-state index is 0.122. The fraction of sp³-hybridized carbons (Fsp3) is 0.881.